The van der Waals surface area contributed by atoms with Crippen molar-refractivity contribution in [3.63, 3.8) is 0 Å². The van der Waals surface area contributed by atoms with Crippen LogP contribution in [-0.4, -0.2) is 25.0 Å². The Morgan fingerprint density at radius 1 is 1.23 bits per heavy atom. The van der Waals surface area contributed by atoms with E-state index in [-0.39, 0.29) is 17.5 Å². The zero-order chi connectivity index (χ0) is 18.1. The molecule has 4 rings (SSSR count). The van der Waals surface area contributed by atoms with Gasteiger partial charge in [-0.3, -0.25) is 4.68 Å². The van der Waals surface area contributed by atoms with Gasteiger partial charge >= 0.3 is 0 Å². The minimum atomic E-state index is -3.60. The maximum atomic E-state index is 12.6. The van der Waals surface area contributed by atoms with Crippen molar-refractivity contribution < 1.29 is 17.9 Å². The number of thiophene rings is 1. The summed E-state index contributed by atoms with van der Waals surface area (Å²) in [5.74, 6) is 1.31. The van der Waals surface area contributed by atoms with Crippen molar-refractivity contribution in [2.24, 2.45) is 0 Å². The van der Waals surface area contributed by atoms with E-state index < -0.39 is 10.0 Å². The van der Waals surface area contributed by atoms with Crippen LogP contribution >= 0.6 is 11.3 Å². The fourth-order valence-electron chi connectivity index (χ4n) is 2.72. The average molecular weight is 391 g/mol. The summed E-state index contributed by atoms with van der Waals surface area (Å²) in [4.78, 5) is 0. The van der Waals surface area contributed by atoms with Gasteiger partial charge in [0.1, 0.15) is 4.21 Å². The largest absolute Gasteiger partial charge is 0.454 e. The molecule has 0 saturated heterocycles. The van der Waals surface area contributed by atoms with Crippen LogP contribution in [0.3, 0.4) is 0 Å². The maximum absolute atomic E-state index is 12.6. The number of sulfonamides is 1. The topological polar surface area (TPSA) is 82.5 Å². The SMILES string of the molecule is CCn1nccc1-c1csc(S(=O)(=O)NCc2ccc3c(c2)OCO3)c1. The number of ether oxygens (including phenoxy) is 2. The fourth-order valence-corrected chi connectivity index (χ4v) is 4.96. The lowest BCUT2D eigenvalue weighted by Crippen LogP contribution is -2.22. The van der Waals surface area contributed by atoms with E-state index in [4.69, 9.17) is 9.47 Å². The van der Waals surface area contributed by atoms with Crippen molar-refractivity contribution in [1.29, 1.82) is 0 Å². The number of nitrogens with one attached hydrogen (secondary N) is 1. The molecular formula is C17H17N3O4S2. The van der Waals surface area contributed by atoms with Crippen LogP contribution in [-0.2, 0) is 23.1 Å². The van der Waals surface area contributed by atoms with Crippen LogP contribution in [0.1, 0.15) is 12.5 Å². The number of rotatable bonds is 6. The Balaban J connectivity index is 1.50. The predicted octanol–water partition coefficient (Wildman–Crippen LogP) is 2.84. The predicted molar refractivity (Wildman–Crippen MR) is 97.8 cm³/mol. The summed E-state index contributed by atoms with van der Waals surface area (Å²) in [7, 11) is -3.60. The molecule has 0 unspecified atom stereocenters. The lowest BCUT2D eigenvalue weighted by atomic mass is 10.2. The normalized spacial score (nSPS) is 13.3. The first kappa shape index (κ1) is 17.1. The fraction of sp³-hybridized carbons (Fsp3) is 0.235. The molecule has 1 aliphatic heterocycles. The summed E-state index contributed by atoms with van der Waals surface area (Å²) >= 11 is 1.19. The van der Waals surface area contributed by atoms with Gasteiger partial charge in [0.05, 0.1) is 5.69 Å². The molecule has 1 N–H and O–H groups in total. The number of fused-ring (bicyclic) bond motifs is 1. The van der Waals surface area contributed by atoms with E-state index in [2.05, 4.69) is 9.82 Å². The van der Waals surface area contributed by atoms with E-state index >= 15 is 0 Å². The average Bonchev–Trinajstić information content (AvgIpc) is 3.38. The Morgan fingerprint density at radius 3 is 2.92 bits per heavy atom. The Kier molecular flexibility index (Phi) is 4.43. The molecule has 3 heterocycles. The third-order valence-corrected chi connectivity index (χ3v) is 6.90. The molecule has 1 aromatic carbocycles. The van der Waals surface area contributed by atoms with Crippen molar-refractivity contribution in [1.82, 2.24) is 14.5 Å². The molecule has 0 saturated carbocycles. The zero-order valence-electron chi connectivity index (χ0n) is 14.0. The van der Waals surface area contributed by atoms with Crippen LogP contribution in [0.15, 0.2) is 46.1 Å². The van der Waals surface area contributed by atoms with Gasteiger partial charge in [0.2, 0.25) is 16.8 Å². The molecule has 0 atom stereocenters. The summed E-state index contributed by atoms with van der Waals surface area (Å²) < 4.78 is 40.5. The van der Waals surface area contributed by atoms with E-state index in [1.807, 2.05) is 29.1 Å². The summed E-state index contributed by atoms with van der Waals surface area (Å²) in [5, 5.41) is 6.05. The van der Waals surface area contributed by atoms with Crippen LogP contribution in [0.4, 0.5) is 0 Å². The monoisotopic (exact) mass is 391 g/mol. The van der Waals surface area contributed by atoms with Gasteiger partial charge in [0, 0.05) is 30.2 Å². The molecule has 9 heteroatoms. The number of aryl methyl sites for hydroxylation is 1. The third kappa shape index (κ3) is 3.20. The van der Waals surface area contributed by atoms with Crippen molar-refractivity contribution in [3.8, 4) is 22.8 Å². The van der Waals surface area contributed by atoms with E-state index in [9.17, 15) is 8.42 Å². The molecule has 0 aliphatic carbocycles. The van der Waals surface area contributed by atoms with Gasteiger partial charge < -0.3 is 9.47 Å². The van der Waals surface area contributed by atoms with E-state index in [0.717, 1.165) is 23.4 Å². The van der Waals surface area contributed by atoms with Crippen molar-refractivity contribution in [2.75, 3.05) is 6.79 Å². The maximum Gasteiger partial charge on any atom is 0.250 e. The zero-order valence-corrected chi connectivity index (χ0v) is 15.6. The van der Waals surface area contributed by atoms with Gasteiger partial charge in [-0.1, -0.05) is 6.07 Å². The Morgan fingerprint density at radius 2 is 2.08 bits per heavy atom. The molecule has 2 aromatic heterocycles. The van der Waals surface area contributed by atoms with Gasteiger partial charge in [-0.2, -0.15) is 5.10 Å². The van der Waals surface area contributed by atoms with Crippen LogP contribution in [0.2, 0.25) is 0 Å². The number of benzene rings is 1. The van der Waals surface area contributed by atoms with Crippen LogP contribution in [0.5, 0.6) is 11.5 Å². The number of hydrogen-bond donors (Lipinski definition) is 1. The lowest BCUT2D eigenvalue weighted by molar-refractivity contribution is 0.174. The first-order chi connectivity index (χ1) is 12.6. The van der Waals surface area contributed by atoms with Crippen molar-refractivity contribution in [2.45, 2.75) is 24.2 Å². The van der Waals surface area contributed by atoms with E-state index in [0.29, 0.717) is 11.5 Å². The number of nitrogens with zero attached hydrogens (tertiary/aromatic N) is 2. The second-order valence-electron chi connectivity index (χ2n) is 5.70. The smallest absolute Gasteiger partial charge is 0.250 e. The van der Waals surface area contributed by atoms with Gasteiger partial charge in [0.25, 0.3) is 0 Å². The summed E-state index contributed by atoms with van der Waals surface area (Å²) in [6.07, 6.45) is 1.71. The molecule has 0 amide bonds. The molecule has 26 heavy (non-hydrogen) atoms. The quantitative estimate of drug-likeness (QED) is 0.699. The second-order valence-corrected chi connectivity index (χ2v) is 8.60. The van der Waals surface area contributed by atoms with E-state index in [1.54, 1.807) is 24.4 Å². The summed E-state index contributed by atoms with van der Waals surface area (Å²) in [5.41, 5.74) is 2.55. The minimum absolute atomic E-state index is 0.180. The molecule has 3 aromatic rings. The molecule has 136 valence electrons. The molecule has 0 radical (unpaired) electrons. The van der Waals surface area contributed by atoms with Gasteiger partial charge in [-0.25, -0.2) is 13.1 Å². The molecule has 7 nitrogen and oxygen atoms in total. The Hall–Kier alpha value is -2.36. The van der Waals surface area contributed by atoms with Gasteiger partial charge in [0.15, 0.2) is 11.5 Å². The molecule has 1 aliphatic rings. The number of hydrogen-bond acceptors (Lipinski definition) is 6. The summed E-state index contributed by atoms with van der Waals surface area (Å²) in [6.45, 7) is 3.09. The highest BCUT2D eigenvalue weighted by molar-refractivity contribution is 7.91. The van der Waals surface area contributed by atoms with Gasteiger partial charge in [-0.05, 0) is 36.8 Å². The van der Waals surface area contributed by atoms with E-state index in [1.165, 1.54) is 11.3 Å². The highest BCUT2D eigenvalue weighted by Gasteiger charge is 2.19. The molecular weight excluding hydrogens is 374 g/mol. The lowest BCUT2D eigenvalue weighted by Gasteiger charge is -2.06. The van der Waals surface area contributed by atoms with Crippen molar-refractivity contribution >= 4 is 21.4 Å². The Labute approximate surface area is 155 Å². The van der Waals surface area contributed by atoms with Crippen LogP contribution in [0.25, 0.3) is 11.3 Å². The first-order valence-corrected chi connectivity index (χ1v) is 10.4. The number of aromatic nitrogens is 2. The standard InChI is InChI=1S/C17H17N3O4S2/c1-2-20-14(5-6-18-20)13-8-17(25-10-13)26(21,22)19-9-12-3-4-15-16(7-12)24-11-23-15/h3-8,10,19H,2,9,11H2,1H3. The highest BCUT2D eigenvalue weighted by atomic mass is 32.2. The summed E-state index contributed by atoms with van der Waals surface area (Å²) in [6, 6.07) is 8.93. The Bertz CT molecular complexity index is 1040. The molecule has 0 fully saturated rings. The van der Waals surface area contributed by atoms with Crippen LogP contribution in [0, 0.1) is 0 Å². The highest BCUT2D eigenvalue weighted by Crippen LogP contribution is 2.33. The van der Waals surface area contributed by atoms with Crippen LogP contribution < -0.4 is 14.2 Å². The first-order valence-electron chi connectivity index (χ1n) is 8.06. The van der Waals surface area contributed by atoms with Crippen molar-refractivity contribution in [3.05, 3.63) is 47.5 Å². The third-order valence-electron chi connectivity index (χ3n) is 4.06. The minimum Gasteiger partial charge on any atom is -0.454 e. The molecule has 0 spiro atoms. The molecule has 0 bridgehead atoms. The second kappa shape index (κ2) is 6.75. The van der Waals surface area contributed by atoms with Gasteiger partial charge in [-0.15, -0.1) is 11.3 Å².